The van der Waals surface area contributed by atoms with E-state index in [-0.39, 0.29) is 23.9 Å². The molecule has 0 N–H and O–H groups in total. The van der Waals surface area contributed by atoms with Gasteiger partial charge in [0.25, 0.3) is 5.56 Å². The van der Waals surface area contributed by atoms with Crippen LogP contribution >= 0.6 is 0 Å². The largest absolute Gasteiger partial charge is 0.314 e. The summed E-state index contributed by atoms with van der Waals surface area (Å²) in [4.78, 5) is 30.0. The van der Waals surface area contributed by atoms with E-state index in [0.29, 0.717) is 0 Å². The number of hydrogen-bond acceptors (Lipinski definition) is 3. The monoisotopic (exact) mass is 285 g/mol. The number of aromatic nitrogens is 2. The fraction of sp³-hybridized carbons (Fsp3) is 0.312. The van der Waals surface area contributed by atoms with E-state index >= 15 is 0 Å². The van der Waals surface area contributed by atoms with Crippen LogP contribution in [0.2, 0.25) is 0 Å². The van der Waals surface area contributed by atoms with E-state index in [9.17, 15) is 9.59 Å². The second-order valence-corrected chi connectivity index (χ2v) is 5.22. The number of likely N-dealkylation sites (N-methyl/N-ethyl adjacent to an activating group) is 1. The Balaban J connectivity index is 2.15. The maximum Gasteiger partial charge on any atom is 0.254 e. The number of hydrogen-bond donors (Lipinski definition) is 0. The van der Waals surface area contributed by atoms with Gasteiger partial charge in [-0.3, -0.25) is 14.2 Å². The summed E-state index contributed by atoms with van der Waals surface area (Å²) < 4.78 is 1.33. The normalized spacial score (nSPS) is 10.7. The summed E-state index contributed by atoms with van der Waals surface area (Å²) in [7, 11) is 1.69. The molecule has 1 amide bonds. The zero-order valence-corrected chi connectivity index (χ0v) is 12.5. The molecule has 5 nitrogen and oxygen atoms in total. The van der Waals surface area contributed by atoms with Crippen molar-refractivity contribution < 1.29 is 4.79 Å². The van der Waals surface area contributed by atoms with Crippen molar-refractivity contribution >= 4 is 11.6 Å². The zero-order chi connectivity index (χ0) is 15.4. The number of nitrogens with zero attached hydrogens (tertiary/aromatic N) is 3. The van der Waals surface area contributed by atoms with Crippen LogP contribution in [0.1, 0.15) is 25.5 Å². The summed E-state index contributed by atoms with van der Waals surface area (Å²) in [6.07, 6.45) is 1.44. The van der Waals surface area contributed by atoms with Crippen LogP contribution in [0.25, 0.3) is 0 Å². The molecule has 2 aromatic rings. The number of rotatable bonds is 4. The molecule has 21 heavy (non-hydrogen) atoms. The molecule has 0 unspecified atom stereocenters. The van der Waals surface area contributed by atoms with Gasteiger partial charge in [-0.2, -0.15) is 0 Å². The Kier molecular flexibility index (Phi) is 4.52. The summed E-state index contributed by atoms with van der Waals surface area (Å²) in [5.41, 5.74) is 1.32. The standard InChI is InChI=1S/C16H19N3O2/c1-12(2)14-9-15(20)19(11-17-14)10-16(21)18(3)13-7-5-4-6-8-13/h4-9,11-12H,10H2,1-3H3. The number of amides is 1. The predicted octanol–water partition coefficient (Wildman–Crippen LogP) is 2.03. The minimum Gasteiger partial charge on any atom is -0.314 e. The molecule has 0 saturated carbocycles. The predicted molar refractivity (Wildman–Crippen MR) is 82.4 cm³/mol. The van der Waals surface area contributed by atoms with Gasteiger partial charge in [-0.25, -0.2) is 4.98 Å². The molecular weight excluding hydrogens is 266 g/mol. The third kappa shape index (κ3) is 3.56. The highest BCUT2D eigenvalue weighted by molar-refractivity contribution is 5.92. The van der Waals surface area contributed by atoms with Crippen LogP contribution in [0, 0.1) is 0 Å². The van der Waals surface area contributed by atoms with Crippen molar-refractivity contribution in [3.63, 3.8) is 0 Å². The Morgan fingerprint density at radius 3 is 2.52 bits per heavy atom. The van der Waals surface area contributed by atoms with Gasteiger partial charge < -0.3 is 4.90 Å². The number of carbonyl (C=O) groups is 1. The molecular formula is C16H19N3O2. The fourth-order valence-electron chi connectivity index (χ4n) is 1.92. The van der Waals surface area contributed by atoms with E-state index < -0.39 is 0 Å². The zero-order valence-electron chi connectivity index (χ0n) is 12.5. The van der Waals surface area contributed by atoms with E-state index in [0.717, 1.165) is 11.4 Å². The summed E-state index contributed by atoms with van der Waals surface area (Å²) in [6.45, 7) is 3.93. The minimum absolute atomic E-state index is 0.0183. The maximum absolute atomic E-state index is 12.2. The van der Waals surface area contributed by atoms with Crippen molar-refractivity contribution in [2.24, 2.45) is 0 Å². The Morgan fingerprint density at radius 1 is 1.29 bits per heavy atom. The smallest absolute Gasteiger partial charge is 0.254 e. The molecule has 1 heterocycles. The molecule has 0 aliphatic rings. The van der Waals surface area contributed by atoms with Gasteiger partial charge in [0.1, 0.15) is 6.54 Å². The summed E-state index contributed by atoms with van der Waals surface area (Å²) in [6, 6.07) is 10.8. The highest BCUT2D eigenvalue weighted by Gasteiger charge is 2.12. The van der Waals surface area contributed by atoms with Crippen molar-refractivity contribution in [3.05, 3.63) is 58.8 Å². The number of anilines is 1. The van der Waals surface area contributed by atoms with Gasteiger partial charge >= 0.3 is 0 Å². The van der Waals surface area contributed by atoms with Crippen molar-refractivity contribution in [1.82, 2.24) is 9.55 Å². The highest BCUT2D eigenvalue weighted by Crippen LogP contribution is 2.11. The van der Waals surface area contributed by atoms with Gasteiger partial charge in [0, 0.05) is 18.8 Å². The molecule has 0 fully saturated rings. The molecule has 0 atom stereocenters. The van der Waals surface area contributed by atoms with Gasteiger partial charge in [-0.15, -0.1) is 0 Å². The second kappa shape index (κ2) is 6.35. The number of carbonyl (C=O) groups excluding carboxylic acids is 1. The molecule has 0 saturated heterocycles. The lowest BCUT2D eigenvalue weighted by molar-refractivity contribution is -0.118. The molecule has 0 aliphatic carbocycles. The van der Waals surface area contributed by atoms with Crippen LogP contribution in [0.4, 0.5) is 5.69 Å². The molecule has 5 heteroatoms. The molecule has 2 rings (SSSR count). The van der Waals surface area contributed by atoms with Crippen molar-refractivity contribution in [2.45, 2.75) is 26.3 Å². The third-order valence-corrected chi connectivity index (χ3v) is 3.32. The van der Waals surface area contributed by atoms with E-state index in [1.807, 2.05) is 44.2 Å². The highest BCUT2D eigenvalue weighted by atomic mass is 16.2. The van der Waals surface area contributed by atoms with Gasteiger partial charge in [-0.05, 0) is 18.1 Å². The van der Waals surface area contributed by atoms with Gasteiger partial charge in [0.2, 0.25) is 5.91 Å². The van der Waals surface area contributed by atoms with Crippen LogP contribution in [0.5, 0.6) is 0 Å². The van der Waals surface area contributed by atoms with Crippen molar-refractivity contribution in [2.75, 3.05) is 11.9 Å². The van der Waals surface area contributed by atoms with Crippen LogP contribution < -0.4 is 10.5 Å². The van der Waals surface area contributed by atoms with Crippen LogP contribution in [-0.4, -0.2) is 22.5 Å². The van der Waals surface area contributed by atoms with E-state index in [1.165, 1.54) is 21.9 Å². The first-order chi connectivity index (χ1) is 9.99. The third-order valence-electron chi connectivity index (χ3n) is 3.32. The fourth-order valence-corrected chi connectivity index (χ4v) is 1.92. The Bertz CT molecular complexity index is 677. The molecule has 0 aliphatic heterocycles. The summed E-state index contributed by atoms with van der Waals surface area (Å²) >= 11 is 0. The molecule has 110 valence electrons. The maximum atomic E-state index is 12.2. The second-order valence-electron chi connectivity index (χ2n) is 5.22. The first kappa shape index (κ1) is 15.0. The topological polar surface area (TPSA) is 55.2 Å². The Hall–Kier alpha value is -2.43. The molecule has 1 aromatic carbocycles. The van der Waals surface area contributed by atoms with E-state index in [2.05, 4.69) is 4.98 Å². The van der Waals surface area contributed by atoms with Crippen LogP contribution in [0.3, 0.4) is 0 Å². The van der Waals surface area contributed by atoms with E-state index in [1.54, 1.807) is 7.05 Å². The van der Waals surface area contributed by atoms with Gasteiger partial charge in [0.15, 0.2) is 0 Å². The quantitative estimate of drug-likeness (QED) is 0.863. The molecule has 0 spiro atoms. The first-order valence-corrected chi connectivity index (χ1v) is 6.87. The minimum atomic E-state index is -0.205. The van der Waals surface area contributed by atoms with Crippen molar-refractivity contribution in [1.29, 1.82) is 0 Å². The number of benzene rings is 1. The average Bonchev–Trinajstić information content (AvgIpc) is 2.49. The molecule has 1 aromatic heterocycles. The Labute approximate surface area is 123 Å². The summed E-state index contributed by atoms with van der Waals surface area (Å²) in [5, 5.41) is 0. The van der Waals surface area contributed by atoms with Crippen LogP contribution in [0.15, 0.2) is 47.5 Å². The van der Waals surface area contributed by atoms with Gasteiger partial charge in [-0.1, -0.05) is 32.0 Å². The van der Waals surface area contributed by atoms with Crippen LogP contribution in [-0.2, 0) is 11.3 Å². The number of para-hydroxylation sites is 1. The van der Waals surface area contributed by atoms with Gasteiger partial charge in [0.05, 0.1) is 12.0 Å². The molecule has 0 bridgehead atoms. The average molecular weight is 285 g/mol. The lowest BCUT2D eigenvalue weighted by Gasteiger charge is -2.17. The Morgan fingerprint density at radius 2 is 1.95 bits per heavy atom. The molecule has 0 radical (unpaired) electrons. The lowest BCUT2D eigenvalue weighted by atomic mass is 10.1. The SMILES string of the molecule is CC(C)c1cc(=O)n(CC(=O)N(C)c2ccccc2)cn1. The first-order valence-electron chi connectivity index (χ1n) is 6.87. The lowest BCUT2D eigenvalue weighted by Crippen LogP contribution is -2.34. The van der Waals surface area contributed by atoms with E-state index in [4.69, 9.17) is 0 Å². The summed E-state index contributed by atoms with van der Waals surface area (Å²) in [5.74, 6) is 0.0254. The van der Waals surface area contributed by atoms with Crippen molar-refractivity contribution in [3.8, 4) is 0 Å².